The fourth-order valence-corrected chi connectivity index (χ4v) is 3.26. The van der Waals surface area contributed by atoms with E-state index in [1.165, 1.54) is 18.2 Å². The minimum Gasteiger partial charge on any atom is -0.216 e. The Morgan fingerprint density at radius 3 is 2.82 bits per heavy atom. The fraction of sp³-hybridized carbons (Fsp3) is 0.400. The number of rotatable bonds is 2. The molecule has 2 rings (SSSR count). The summed E-state index contributed by atoms with van der Waals surface area (Å²) in [6, 6.07) is 3.56. The highest BCUT2D eigenvalue weighted by molar-refractivity contribution is 7.86. The summed E-state index contributed by atoms with van der Waals surface area (Å²) >= 11 is 5.79. The first kappa shape index (κ1) is 12.8. The number of nitrogens with two attached hydrogens (primary N) is 1. The van der Waals surface area contributed by atoms with E-state index in [-0.39, 0.29) is 5.56 Å². The third-order valence-electron chi connectivity index (χ3n) is 2.85. The molecule has 1 aliphatic heterocycles. The minimum atomic E-state index is -3.81. The van der Waals surface area contributed by atoms with E-state index in [0.717, 1.165) is 4.31 Å². The maximum atomic E-state index is 13.7. The van der Waals surface area contributed by atoms with Gasteiger partial charge in [-0.25, -0.2) is 9.53 Å². The molecule has 0 amide bonds. The fourth-order valence-electron chi connectivity index (χ4n) is 2.13. The molecule has 1 fully saturated rings. The minimum absolute atomic E-state index is 0.282. The van der Waals surface area contributed by atoms with Gasteiger partial charge in [0.05, 0.1) is 6.04 Å². The lowest BCUT2D eigenvalue weighted by Gasteiger charge is -2.22. The first-order valence-corrected chi connectivity index (χ1v) is 7.02. The summed E-state index contributed by atoms with van der Waals surface area (Å²) in [6.45, 7) is 0.315. The Balaban J connectivity index is 2.42. The third-order valence-corrected chi connectivity index (χ3v) is 4.17. The zero-order valence-corrected chi connectivity index (χ0v) is 10.5. The van der Waals surface area contributed by atoms with Crippen LogP contribution < -0.4 is 5.14 Å². The molecule has 4 nitrogen and oxygen atoms in total. The lowest BCUT2D eigenvalue weighted by atomic mass is 10.1. The molecule has 1 aromatic rings. The van der Waals surface area contributed by atoms with Crippen molar-refractivity contribution in [1.82, 2.24) is 4.31 Å². The van der Waals surface area contributed by atoms with Crippen molar-refractivity contribution in [2.75, 3.05) is 6.54 Å². The molecule has 1 heterocycles. The van der Waals surface area contributed by atoms with E-state index in [0.29, 0.717) is 24.4 Å². The van der Waals surface area contributed by atoms with Crippen molar-refractivity contribution in [2.24, 2.45) is 5.14 Å². The van der Waals surface area contributed by atoms with Gasteiger partial charge in [0.2, 0.25) is 0 Å². The van der Waals surface area contributed by atoms with Crippen LogP contribution in [0.25, 0.3) is 0 Å². The van der Waals surface area contributed by atoms with Crippen LogP contribution in [0.2, 0.25) is 5.02 Å². The summed E-state index contributed by atoms with van der Waals surface area (Å²) in [5, 5.41) is 5.48. The highest BCUT2D eigenvalue weighted by Gasteiger charge is 2.34. The molecule has 94 valence electrons. The number of hydrogen-bond donors (Lipinski definition) is 1. The molecule has 1 atom stereocenters. The molecule has 7 heteroatoms. The topological polar surface area (TPSA) is 63.4 Å². The van der Waals surface area contributed by atoms with Gasteiger partial charge in [-0.2, -0.15) is 12.7 Å². The Bertz CT molecular complexity index is 535. The lowest BCUT2D eigenvalue weighted by Crippen LogP contribution is -2.36. The van der Waals surface area contributed by atoms with E-state index in [1.54, 1.807) is 0 Å². The Morgan fingerprint density at radius 2 is 2.18 bits per heavy atom. The number of hydrogen-bond acceptors (Lipinski definition) is 2. The van der Waals surface area contributed by atoms with E-state index in [1.807, 2.05) is 0 Å². The predicted molar refractivity (Wildman–Crippen MR) is 63.2 cm³/mol. The van der Waals surface area contributed by atoms with Crippen LogP contribution in [0.15, 0.2) is 18.2 Å². The Morgan fingerprint density at radius 1 is 1.47 bits per heavy atom. The van der Waals surface area contributed by atoms with Gasteiger partial charge in [0.15, 0.2) is 0 Å². The van der Waals surface area contributed by atoms with Gasteiger partial charge < -0.3 is 0 Å². The van der Waals surface area contributed by atoms with Crippen LogP contribution in [-0.2, 0) is 10.2 Å². The molecule has 0 radical (unpaired) electrons. The molecular formula is C10H12ClFN2O2S. The summed E-state index contributed by atoms with van der Waals surface area (Å²) in [5.41, 5.74) is 0.282. The Hall–Kier alpha value is -0.690. The molecule has 0 saturated carbocycles. The molecule has 0 aromatic heterocycles. The van der Waals surface area contributed by atoms with Crippen LogP contribution in [0.1, 0.15) is 24.4 Å². The quantitative estimate of drug-likeness (QED) is 0.897. The van der Waals surface area contributed by atoms with Gasteiger partial charge in [-0.1, -0.05) is 11.6 Å². The number of nitrogens with zero attached hydrogens (tertiary/aromatic N) is 1. The largest absolute Gasteiger partial charge is 0.277 e. The molecule has 1 saturated heterocycles. The van der Waals surface area contributed by atoms with Crippen LogP contribution >= 0.6 is 11.6 Å². The highest BCUT2D eigenvalue weighted by Crippen LogP contribution is 2.35. The standard InChI is InChI=1S/C10H12ClFN2O2S/c11-7-3-4-9(12)8(6-7)10-2-1-5-14(10)17(13,15)16/h3-4,6,10H,1-2,5H2,(H2,13,15,16). The van der Waals surface area contributed by atoms with Gasteiger partial charge in [-0.05, 0) is 31.0 Å². The van der Waals surface area contributed by atoms with Gasteiger partial charge in [0.1, 0.15) is 5.82 Å². The van der Waals surface area contributed by atoms with Gasteiger partial charge in [-0.3, -0.25) is 0 Å². The van der Waals surface area contributed by atoms with Gasteiger partial charge in [-0.15, -0.1) is 0 Å². The molecule has 17 heavy (non-hydrogen) atoms. The number of benzene rings is 1. The predicted octanol–water partition coefficient (Wildman–Crippen LogP) is 1.82. The molecule has 1 aromatic carbocycles. The van der Waals surface area contributed by atoms with Crippen molar-refractivity contribution in [3.05, 3.63) is 34.6 Å². The van der Waals surface area contributed by atoms with Crippen molar-refractivity contribution in [3.63, 3.8) is 0 Å². The molecule has 0 bridgehead atoms. The summed E-state index contributed by atoms with van der Waals surface area (Å²) < 4.78 is 37.5. The molecule has 0 aliphatic carbocycles. The maximum Gasteiger partial charge on any atom is 0.277 e. The molecule has 2 N–H and O–H groups in total. The van der Waals surface area contributed by atoms with Crippen LogP contribution in [0.5, 0.6) is 0 Å². The Labute approximate surface area is 104 Å². The van der Waals surface area contributed by atoms with Crippen molar-refractivity contribution < 1.29 is 12.8 Å². The second kappa shape index (κ2) is 4.53. The molecular weight excluding hydrogens is 267 g/mol. The first-order chi connectivity index (χ1) is 7.89. The molecule has 0 spiro atoms. The SMILES string of the molecule is NS(=O)(=O)N1CCCC1c1cc(Cl)ccc1F. The van der Waals surface area contributed by atoms with Crippen molar-refractivity contribution in [1.29, 1.82) is 0 Å². The normalized spacial score (nSPS) is 21.9. The highest BCUT2D eigenvalue weighted by atomic mass is 35.5. The average Bonchev–Trinajstić information content (AvgIpc) is 2.69. The average molecular weight is 279 g/mol. The summed E-state index contributed by atoms with van der Waals surface area (Å²) in [6.07, 6.45) is 1.21. The van der Waals surface area contributed by atoms with Gasteiger partial charge >= 0.3 is 0 Å². The molecule has 1 unspecified atom stereocenters. The summed E-state index contributed by atoms with van der Waals surface area (Å²) in [5.74, 6) is -0.463. The molecule has 1 aliphatic rings. The maximum absolute atomic E-state index is 13.7. The monoisotopic (exact) mass is 278 g/mol. The van der Waals surface area contributed by atoms with E-state index in [9.17, 15) is 12.8 Å². The third kappa shape index (κ3) is 2.60. The smallest absolute Gasteiger partial charge is 0.216 e. The van der Waals surface area contributed by atoms with Gasteiger partial charge in [0, 0.05) is 17.1 Å². The lowest BCUT2D eigenvalue weighted by molar-refractivity contribution is 0.387. The van der Waals surface area contributed by atoms with E-state index in [4.69, 9.17) is 16.7 Å². The zero-order chi connectivity index (χ0) is 12.6. The second-order valence-electron chi connectivity index (χ2n) is 3.98. The number of halogens is 2. The van der Waals surface area contributed by atoms with Crippen LogP contribution in [0, 0.1) is 5.82 Å². The summed E-state index contributed by atoms with van der Waals surface area (Å²) in [4.78, 5) is 0. The van der Waals surface area contributed by atoms with E-state index in [2.05, 4.69) is 0 Å². The summed E-state index contributed by atoms with van der Waals surface area (Å²) in [7, 11) is -3.81. The van der Waals surface area contributed by atoms with Crippen molar-refractivity contribution >= 4 is 21.8 Å². The van der Waals surface area contributed by atoms with Gasteiger partial charge in [0.25, 0.3) is 10.2 Å². The van der Waals surface area contributed by atoms with Crippen molar-refractivity contribution in [3.8, 4) is 0 Å². The van der Waals surface area contributed by atoms with Crippen LogP contribution in [-0.4, -0.2) is 19.3 Å². The van der Waals surface area contributed by atoms with Crippen LogP contribution in [0.3, 0.4) is 0 Å². The van der Waals surface area contributed by atoms with Crippen LogP contribution in [0.4, 0.5) is 4.39 Å². The first-order valence-electron chi connectivity index (χ1n) is 5.14. The van der Waals surface area contributed by atoms with E-state index >= 15 is 0 Å². The Kier molecular flexibility index (Phi) is 3.40. The zero-order valence-electron chi connectivity index (χ0n) is 8.94. The second-order valence-corrected chi connectivity index (χ2v) is 5.91. The van der Waals surface area contributed by atoms with Crippen molar-refractivity contribution in [2.45, 2.75) is 18.9 Å². The van der Waals surface area contributed by atoms with E-state index < -0.39 is 22.1 Å².